The Balaban J connectivity index is 2.15. The highest BCUT2D eigenvalue weighted by molar-refractivity contribution is 5.84. The van der Waals surface area contributed by atoms with Gasteiger partial charge in [0.2, 0.25) is 0 Å². The Kier molecular flexibility index (Phi) is 3.73. The minimum atomic E-state index is -4.63. The molecule has 0 spiro atoms. The van der Waals surface area contributed by atoms with Crippen molar-refractivity contribution in [1.29, 1.82) is 0 Å². The highest BCUT2D eigenvalue weighted by Gasteiger charge is 2.53. The van der Waals surface area contributed by atoms with Gasteiger partial charge in [0.15, 0.2) is 0 Å². The Morgan fingerprint density at radius 3 is 2.42 bits per heavy atom. The molecule has 0 atom stereocenters. The molecule has 1 aromatic rings. The lowest BCUT2D eigenvalue weighted by molar-refractivity contribution is -0.181. The first kappa shape index (κ1) is 13.8. The molecular formula is C12H12F4N2O. The number of aromatic nitrogens is 1. The molecule has 104 valence electrons. The first-order valence-electron chi connectivity index (χ1n) is 5.79. The van der Waals surface area contributed by atoms with Crippen molar-refractivity contribution in [2.45, 2.75) is 37.8 Å². The Morgan fingerprint density at radius 1 is 1.37 bits per heavy atom. The average molecular weight is 276 g/mol. The van der Waals surface area contributed by atoms with Gasteiger partial charge >= 0.3 is 12.3 Å². The summed E-state index contributed by atoms with van der Waals surface area (Å²) < 4.78 is 50.7. The second kappa shape index (κ2) is 5.14. The average Bonchev–Trinajstić information content (AvgIpc) is 3.20. The molecular weight excluding hydrogens is 264 g/mol. The lowest BCUT2D eigenvalue weighted by Gasteiger charge is -2.26. The van der Waals surface area contributed by atoms with E-state index in [1.165, 1.54) is 12.4 Å². The standard InChI is InChI=1S/C12H12F4N2O/c13-10(14)12(15,16)11(19)18(9-1-2-9)7-8-3-5-17-6-4-8/h3-6,9-10H,1-2,7H2. The molecule has 1 aliphatic carbocycles. The van der Waals surface area contributed by atoms with E-state index in [2.05, 4.69) is 4.98 Å². The molecule has 19 heavy (non-hydrogen) atoms. The molecule has 0 saturated heterocycles. The number of amides is 1. The van der Waals surface area contributed by atoms with Gasteiger partial charge in [-0.2, -0.15) is 8.78 Å². The predicted molar refractivity (Wildman–Crippen MR) is 58.8 cm³/mol. The van der Waals surface area contributed by atoms with Crippen LogP contribution in [0.2, 0.25) is 0 Å². The molecule has 3 nitrogen and oxygen atoms in total. The van der Waals surface area contributed by atoms with Crippen LogP contribution in [0, 0.1) is 0 Å². The van der Waals surface area contributed by atoms with Crippen molar-refractivity contribution in [3.05, 3.63) is 30.1 Å². The van der Waals surface area contributed by atoms with Gasteiger partial charge in [-0.1, -0.05) is 0 Å². The maximum atomic E-state index is 13.1. The topological polar surface area (TPSA) is 33.2 Å². The minimum Gasteiger partial charge on any atom is -0.330 e. The Labute approximate surface area is 107 Å². The van der Waals surface area contributed by atoms with Crippen LogP contribution in [0.4, 0.5) is 17.6 Å². The van der Waals surface area contributed by atoms with Crippen LogP contribution in [0.5, 0.6) is 0 Å². The van der Waals surface area contributed by atoms with Crippen LogP contribution in [0.15, 0.2) is 24.5 Å². The lowest BCUT2D eigenvalue weighted by atomic mass is 10.2. The van der Waals surface area contributed by atoms with E-state index in [-0.39, 0.29) is 12.6 Å². The van der Waals surface area contributed by atoms with Crippen molar-refractivity contribution < 1.29 is 22.4 Å². The second-order valence-corrected chi connectivity index (χ2v) is 4.44. The molecule has 0 radical (unpaired) electrons. The van der Waals surface area contributed by atoms with Gasteiger partial charge < -0.3 is 4.90 Å². The van der Waals surface area contributed by atoms with Crippen molar-refractivity contribution >= 4 is 5.91 Å². The third kappa shape index (κ3) is 3.02. The van der Waals surface area contributed by atoms with Crippen molar-refractivity contribution in [3.8, 4) is 0 Å². The van der Waals surface area contributed by atoms with Crippen LogP contribution in [0.1, 0.15) is 18.4 Å². The molecule has 2 rings (SSSR count). The zero-order chi connectivity index (χ0) is 14.0. The SMILES string of the molecule is O=C(N(Cc1ccncc1)C1CC1)C(F)(F)C(F)F. The number of hydrogen-bond donors (Lipinski definition) is 0. The van der Waals surface area contributed by atoms with Gasteiger partial charge in [-0.3, -0.25) is 9.78 Å². The Hall–Kier alpha value is -1.66. The van der Waals surface area contributed by atoms with Gasteiger partial charge in [0.25, 0.3) is 5.91 Å². The molecule has 0 N–H and O–H groups in total. The first-order chi connectivity index (χ1) is 8.93. The van der Waals surface area contributed by atoms with Crippen LogP contribution in [-0.2, 0) is 11.3 Å². The largest absolute Gasteiger partial charge is 0.383 e. The summed E-state index contributed by atoms with van der Waals surface area (Å²) in [6.45, 7) is -0.103. The lowest BCUT2D eigenvalue weighted by Crippen LogP contribution is -2.48. The summed E-state index contributed by atoms with van der Waals surface area (Å²) in [4.78, 5) is 16.2. The highest BCUT2D eigenvalue weighted by Crippen LogP contribution is 2.34. The fourth-order valence-corrected chi connectivity index (χ4v) is 1.72. The molecule has 0 aliphatic heterocycles. The molecule has 1 fully saturated rings. The molecule has 1 aromatic heterocycles. The summed E-state index contributed by atoms with van der Waals surface area (Å²) >= 11 is 0. The number of halogens is 4. The highest BCUT2D eigenvalue weighted by atomic mass is 19.3. The quantitative estimate of drug-likeness (QED) is 0.774. The second-order valence-electron chi connectivity index (χ2n) is 4.44. The van der Waals surface area contributed by atoms with E-state index < -0.39 is 18.3 Å². The fraction of sp³-hybridized carbons (Fsp3) is 0.500. The Bertz CT molecular complexity index is 448. The molecule has 0 bridgehead atoms. The van der Waals surface area contributed by atoms with E-state index in [0.29, 0.717) is 18.4 Å². The van der Waals surface area contributed by atoms with Crippen molar-refractivity contribution in [2.24, 2.45) is 0 Å². The minimum absolute atomic E-state index is 0.103. The van der Waals surface area contributed by atoms with Crippen LogP contribution in [0.25, 0.3) is 0 Å². The van der Waals surface area contributed by atoms with Gasteiger partial charge in [0, 0.05) is 25.0 Å². The van der Waals surface area contributed by atoms with E-state index in [0.717, 1.165) is 4.90 Å². The zero-order valence-electron chi connectivity index (χ0n) is 9.90. The number of hydrogen-bond acceptors (Lipinski definition) is 2. The third-order valence-electron chi connectivity index (χ3n) is 2.91. The molecule has 0 unspecified atom stereocenters. The van der Waals surface area contributed by atoms with E-state index >= 15 is 0 Å². The molecule has 1 saturated carbocycles. The van der Waals surface area contributed by atoms with E-state index in [4.69, 9.17) is 0 Å². The summed E-state index contributed by atoms with van der Waals surface area (Å²) in [6, 6.07) is 2.75. The van der Waals surface area contributed by atoms with Crippen LogP contribution in [-0.4, -0.2) is 34.2 Å². The van der Waals surface area contributed by atoms with Gasteiger partial charge in [0.05, 0.1) is 0 Å². The van der Waals surface area contributed by atoms with E-state index in [9.17, 15) is 22.4 Å². The summed E-state index contributed by atoms with van der Waals surface area (Å²) in [5.74, 6) is -6.43. The Morgan fingerprint density at radius 2 is 1.95 bits per heavy atom. The smallest absolute Gasteiger partial charge is 0.330 e. The van der Waals surface area contributed by atoms with E-state index in [1.54, 1.807) is 12.1 Å². The summed E-state index contributed by atoms with van der Waals surface area (Å²) in [5, 5.41) is 0. The number of alkyl halides is 4. The zero-order valence-corrected chi connectivity index (χ0v) is 9.90. The van der Waals surface area contributed by atoms with Gasteiger partial charge in [-0.15, -0.1) is 0 Å². The van der Waals surface area contributed by atoms with Crippen molar-refractivity contribution in [3.63, 3.8) is 0 Å². The fourth-order valence-electron chi connectivity index (χ4n) is 1.72. The normalized spacial score (nSPS) is 15.6. The number of carbonyl (C=O) groups excluding carboxylic acids is 1. The van der Waals surface area contributed by atoms with Gasteiger partial charge in [-0.25, -0.2) is 8.78 Å². The summed E-state index contributed by atoms with van der Waals surface area (Å²) in [7, 11) is 0. The molecule has 0 aromatic carbocycles. The molecule has 7 heteroatoms. The van der Waals surface area contributed by atoms with E-state index in [1.807, 2.05) is 0 Å². The maximum Gasteiger partial charge on any atom is 0.383 e. The third-order valence-corrected chi connectivity index (χ3v) is 2.91. The van der Waals surface area contributed by atoms with Gasteiger partial charge in [0.1, 0.15) is 0 Å². The van der Waals surface area contributed by atoms with Gasteiger partial charge in [-0.05, 0) is 30.5 Å². The van der Waals surface area contributed by atoms with Crippen LogP contribution >= 0.6 is 0 Å². The van der Waals surface area contributed by atoms with Crippen LogP contribution in [0.3, 0.4) is 0 Å². The molecule has 1 heterocycles. The first-order valence-corrected chi connectivity index (χ1v) is 5.79. The molecule has 1 amide bonds. The number of nitrogens with zero attached hydrogens (tertiary/aromatic N) is 2. The summed E-state index contributed by atoms with van der Waals surface area (Å²) in [5.41, 5.74) is 0.584. The predicted octanol–water partition coefficient (Wildman–Crippen LogP) is 2.47. The monoisotopic (exact) mass is 276 g/mol. The van der Waals surface area contributed by atoms with Crippen molar-refractivity contribution in [2.75, 3.05) is 0 Å². The number of carbonyl (C=O) groups is 1. The summed E-state index contributed by atoms with van der Waals surface area (Å²) in [6.07, 6.45) is 0.0529. The number of rotatable bonds is 5. The maximum absolute atomic E-state index is 13.1. The number of pyridine rings is 1. The molecule has 1 aliphatic rings. The van der Waals surface area contributed by atoms with Crippen LogP contribution < -0.4 is 0 Å². The van der Waals surface area contributed by atoms with Crippen molar-refractivity contribution in [1.82, 2.24) is 9.88 Å².